The van der Waals surface area contributed by atoms with Crippen molar-refractivity contribution in [2.75, 3.05) is 20.2 Å². The summed E-state index contributed by atoms with van der Waals surface area (Å²) >= 11 is 0. The highest BCUT2D eigenvalue weighted by molar-refractivity contribution is 6.10. The van der Waals surface area contributed by atoms with Gasteiger partial charge in [-0.05, 0) is 69.8 Å². The minimum absolute atomic E-state index is 0.0939. The van der Waals surface area contributed by atoms with Crippen LogP contribution in [0.15, 0.2) is 91.6 Å². The van der Waals surface area contributed by atoms with Crippen LogP contribution in [0, 0.1) is 18.8 Å². The maximum Gasteiger partial charge on any atom is 0.131 e. The first-order chi connectivity index (χ1) is 19.5. The third-order valence-electron chi connectivity index (χ3n) is 10.1. The summed E-state index contributed by atoms with van der Waals surface area (Å²) in [6.45, 7) is 9.53. The van der Waals surface area contributed by atoms with E-state index in [9.17, 15) is 5.11 Å². The smallest absolute Gasteiger partial charge is 0.131 e. The summed E-state index contributed by atoms with van der Waals surface area (Å²) in [6.07, 6.45) is 5.59. The van der Waals surface area contributed by atoms with Crippen LogP contribution in [0.2, 0.25) is 0 Å². The summed E-state index contributed by atoms with van der Waals surface area (Å²) < 4.78 is 6.42. The van der Waals surface area contributed by atoms with Crippen molar-refractivity contribution in [3.8, 4) is 5.75 Å². The van der Waals surface area contributed by atoms with E-state index in [1.807, 2.05) is 30.5 Å². The van der Waals surface area contributed by atoms with Gasteiger partial charge in [0.05, 0.1) is 25.7 Å². The van der Waals surface area contributed by atoms with E-state index < -0.39 is 6.10 Å². The number of benzene rings is 4. The lowest BCUT2D eigenvalue weighted by Gasteiger charge is -2.58. The molecule has 4 heteroatoms. The van der Waals surface area contributed by atoms with Crippen LogP contribution >= 0.6 is 0 Å². The molecule has 2 bridgehead atoms. The van der Waals surface area contributed by atoms with Gasteiger partial charge in [-0.2, -0.15) is 0 Å². The van der Waals surface area contributed by atoms with Crippen LogP contribution in [0.4, 0.5) is 0 Å². The fourth-order valence-corrected chi connectivity index (χ4v) is 8.03. The van der Waals surface area contributed by atoms with Crippen LogP contribution < -0.4 is 4.74 Å². The SMILES string of the molecule is C=CC1C[N+]2(Cc3c(C)c4ccccc4c4ccccc34)CCC1CC2[C@H](O)c1ccnc2ccc(OC)cc12. The lowest BCUT2D eigenvalue weighted by molar-refractivity contribution is -0.984. The zero-order chi connectivity index (χ0) is 27.4. The number of pyridine rings is 1. The Bertz CT molecular complexity index is 1760. The van der Waals surface area contributed by atoms with E-state index in [1.165, 1.54) is 39.1 Å². The van der Waals surface area contributed by atoms with Gasteiger partial charge in [-0.25, -0.2) is 0 Å². The number of ether oxygens (including phenoxy) is 1. The van der Waals surface area contributed by atoms with E-state index in [-0.39, 0.29) is 6.04 Å². The Hall–Kier alpha value is -3.73. The number of piperidine rings is 3. The summed E-state index contributed by atoms with van der Waals surface area (Å²) in [5.74, 6) is 1.82. The molecule has 0 radical (unpaired) electrons. The fraction of sp³-hybridized carbons (Fsp3) is 0.306. The summed E-state index contributed by atoms with van der Waals surface area (Å²) in [5, 5.41) is 18.5. The number of aryl methyl sites for hydroxylation is 1. The van der Waals surface area contributed by atoms with Crippen molar-refractivity contribution in [2.24, 2.45) is 11.8 Å². The van der Waals surface area contributed by atoms with Crippen molar-refractivity contribution in [3.63, 3.8) is 0 Å². The molecule has 3 saturated heterocycles. The van der Waals surface area contributed by atoms with Crippen molar-refractivity contribution in [1.82, 2.24) is 4.98 Å². The molecular formula is C36H37N2O2+. The Morgan fingerprint density at radius 2 is 1.73 bits per heavy atom. The van der Waals surface area contributed by atoms with Gasteiger partial charge in [0.2, 0.25) is 0 Å². The lowest BCUT2D eigenvalue weighted by Crippen LogP contribution is -2.67. The molecule has 0 saturated carbocycles. The van der Waals surface area contributed by atoms with E-state index in [2.05, 4.69) is 73.1 Å². The van der Waals surface area contributed by atoms with Gasteiger partial charge in [0, 0.05) is 35.9 Å². The third-order valence-corrected chi connectivity index (χ3v) is 10.1. The molecule has 0 spiro atoms. The topological polar surface area (TPSA) is 42.4 Å². The van der Waals surface area contributed by atoms with Crippen LogP contribution in [0.1, 0.15) is 35.6 Å². The predicted molar refractivity (Wildman–Crippen MR) is 163 cm³/mol. The zero-order valence-electron chi connectivity index (χ0n) is 23.4. The monoisotopic (exact) mass is 529 g/mol. The molecule has 0 aliphatic carbocycles. The first-order valence-corrected chi connectivity index (χ1v) is 14.5. The third kappa shape index (κ3) is 3.85. The quantitative estimate of drug-likeness (QED) is 0.141. The molecule has 202 valence electrons. The molecule has 3 aliphatic rings. The first kappa shape index (κ1) is 25.3. The molecule has 1 aromatic heterocycles. The number of aliphatic hydroxyl groups is 1. The van der Waals surface area contributed by atoms with E-state index in [1.54, 1.807) is 7.11 Å². The van der Waals surface area contributed by atoms with Gasteiger partial charge < -0.3 is 14.3 Å². The molecule has 5 atom stereocenters. The molecule has 4 nitrogen and oxygen atoms in total. The molecule has 4 aromatic carbocycles. The molecule has 1 N–H and O–H groups in total. The van der Waals surface area contributed by atoms with Crippen LogP contribution in [-0.4, -0.2) is 40.8 Å². The highest BCUT2D eigenvalue weighted by Crippen LogP contribution is 2.49. The minimum Gasteiger partial charge on any atom is -0.497 e. The van der Waals surface area contributed by atoms with E-state index >= 15 is 0 Å². The van der Waals surface area contributed by atoms with Gasteiger partial charge in [-0.1, -0.05) is 54.6 Å². The number of rotatable bonds is 6. The fourth-order valence-electron chi connectivity index (χ4n) is 8.03. The van der Waals surface area contributed by atoms with Gasteiger partial charge in [-0.3, -0.25) is 4.98 Å². The molecule has 3 aliphatic heterocycles. The maximum atomic E-state index is 12.3. The van der Waals surface area contributed by atoms with Crippen molar-refractivity contribution < 1.29 is 14.3 Å². The second-order valence-corrected chi connectivity index (χ2v) is 12.0. The molecule has 0 amide bonds. The van der Waals surface area contributed by atoms with Crippen LogP contribution in [0.25, 0.3) is 32.4 Å². The van der Waals surface area contributed by atoms with Crippen molar-refractivity contribution in [1.29, 1.82) is 0 Å². The second kappa shape index (κ2) is 9.72. The van der Waals surface area contributed by atoms with E-state index in [4.69, 9.17) is 4.74 Å². The zero-order valence-corrected chi connectivity index (χ0v) is 23.4. The van der Waals surface area contributed by atoms with E-state index in [0.717, 1.165) is 52.8 Å². The first-order valence-electron chi connectivity index (χ1n) is 14.5. The Kier molecular flexibility index (Phi) is 6.14. The van der Waals surface area contributed by atoms with Gasteiger partial charge in [0.25, 0.3) is 0 Å². The summed E-state index contributed by atoms with van der Waals surface area (Å²) in [5.41, 5.74) is 4.61. The van der Waals surface area contributed by atoms with Crippen LogP contribution in [0.3, 0.4) is 0 Å². The van der Waals surface area contributed by atoms with Crippen LogP contribution in [-0.2, 0) is 6.54 Å². The summed E-state index contributed by atoms with van der Waals surface area (Å²) in [6, 6.07) is 25.7. The van der Waals surface area contributed by atoms with Gasteiger partial charge >= 0.3 is 0 Å². The molecule has 5 aromatic rings. The largest absolute Gasteiger partial charge is 0.497 e. The molecule has 4 heterocycles. The highest BCUT2D eigenvalue weighted by atomic mass is 16.5. The van der Waals surface area contributed by atoms with Gasteiger partial charge in [0.15, 0.2) is 0 Å². The van der Waals surface area contributed by atoms with E-state index in [0.29, 0.717) is 11.8 Å². The number of aromatic nitrogens is 1. The predicted octanol–water partition coefficient (Wildman–Crippen LogP) is 7.50. The molecule has 4 unspecified atom stereocenters. The Labute approximate surface area is 236 Å². The highest BCUT2D eigenvalue weighted by Gasteiger charge is 2.54. The molecule has 40 heavy (non-hydrogen) atoms. The average Bonchev–Trinajstić information content (AvgIpc) is 3.02. The number of nitrogens with zero attached hydrogens (tertiary/aromatic N) is 2. The Balaban J connectivity index is 1.39. The number of methoxy groups -OCH3 is 1. The molecule has 3 fully saturated rings. The van der Waals surface area contributed by atoms with Crippen molar-refractivity contribution in [2.45, 2.75) is 38.5 Å². The molecular weight excluding hydrogens is 492 g/mol. The second-order valence-electron chi connectivity index (χ2n) is 12.0. The number of hydrogen-bond acceptors (Lipinski definition) is 3. The summed E-state index contributed by atoms with van der Waals surface area (Å²) in [7, 11) is 1.69. The summed E-state index contributed by atoms with van der Waals surface area (Å²) in [4.78, 5) is 4.59. The van der Waals surface area contributed by atoms with Crippen molar-refractivity contribution >= 4 is 32.4 Å². The Morgan fingerprint density at radius 3 is 2.48 bits per heavy atom. The average molecular weight is 530 g/mol. The van der Waals surface area contributed by atoms with Gasteiger partial charge in [0.1, 0.15) is 24.4 Å². The number of aliphatic hydroxyl groups excluding tert-OH is 1. The Morgan fingerprint density at radius 1 is 1.00 bits per heavy atom. The maximum absolute atomic E-state index is 12.3. The standard InChI is InChI=1S/C36H37N2O2/c1-4-24-21-38(22-33-23(2)27-9-5-6-10-28(27)29-11-7-8-12-30(29)33)18-16-25(24)19-35(38)36(39)31-15-17-37-34-14-13-26(40-3)20-32(31)34/h4-15,17,20,24-25,35-36,39H,1,16,18-19,21-22H2,2-3H3/q+1/t24?,25?,35?,36-,38?/m1/s1. The number of quaternary nitrogens is 1. The number of hydrogen-bond donors (Lipinski definition) is 1. The molecule has 8 rings (SSSR count). The normalized spacial score (nSPS) is 24.9. The van der Waals surface area contributed by atoms with Crippen molar-refractivity contribution in [3.05, 3.63) is 108 Å². The van der Waals surface area contributed by atoms with Crippen LogP contribution in [0.5, 0.6) is 5.75 Å². The lowest BCUT2D eigenvalue weighted by atomic mass is 9.71. The minimum atomic E-state index is -0.599. The number of fused-ring (bicyclic) bond motifs is 7. The van der Waals surface area contributed by atoms with Gasteiger partial charge in [-0.15, -0.1) is 6.58 Å².